The molecule has 3 nitrogen and oxygen atoms in total. The Hall–Kier alpha value is -2.07. The highest BCUT2D eigenvalue weighted by Gasteiger charge is 2.14. The molecule has 1 N–H and O–H groups in total. The van der Waals surface area contributed by atoms with Gasteiger partial charge in [-0.1, -0.05) is 18.2 Å². The second kappa shape index (κ2) is 6.39. The molecule has 0 saturated carbocycles. The zero-order valence-electron chi connectivity index (χ0n) is 11.5. The molecule has 0 bridgehead atoms. The van der Waals surface area contributed by atoms with Crippen molar-refractivity contribution >= 4 is 0 Å². The molecule has 0 saturated heterocycles. The summed E-state index contributed by atoms with van der Waals surface area (Å²) in [4.78, 5) is 0. The number of aryl methyl sites for hydroxylation is 1. The van der Waals surface area contributed by atoms with Crippen molar-refractivity contribution in [3.8, 4) is 11.5 Å². The molecule has 0 aliphatic rings. The second-order valence-electron chi connectivity index (χ2n) is 4.48. The van der Waals surface area contributed by atoms with E-state index in [2.05, 4.69) is 0 Å². The van der Waals surface area contributed by atoms with Crippen molar-refractivity contribution < 1.29 is 19.0 Å². The van der Waals surface area contributed by atoms with Crippen LogP contribution in [0.4, 0.5) is 4.39 Å². The Kier molecular flexibility index (Phi) is 4.58. The van der Waals surface area contributed by atoms with Crippen molar-refractivity contribution in [3.63, 3.8) is 0 Å². The van der Waals surface area contributed by atoms with E-state index in [-0.39, 0.29) is 12.4 Å². The Balaban J connectivity index is 2.06. The predicted molar refractivity (Wildman–Crippen MR) is 74.6 cm³/mol. The van der Waals surface area contributed by atoms with Crippen molar-refractivity contribution in [2.24, 2.45) is 0 Å². The van der Waals surface area contributed by atoms with Crippen LogP contribution in [0, 0.1) is 12.7 Å². The maximum Gasteiger partial charge on any atom is 0.124 e. The number of ether oxygens (including phenoxy) is 2. The first-order valence-corrected chi connectivity index (χ1v) is 6.31. The number of aliphatic hydroxyl groups excluding tert-OH is 1. The van der Waals surface area contributed by atoms with Gasteiger partial charge in [-0.3, -0.25) is 0 Å². The summed E-state index contributed by atoms with van der Waals surface area (Å²) >= 11 is 0. The lowest BCUT2D eigenvalue weighted by molar-refractivity contribution is 0.105. The van der Waals surface area contributed by atoms with E-state index < -0.39 is 6.10 Å². The Morgan fingerprint density at radius 1 is 1.15 bits per heavy atom. The zero-order valence-corrected chi connectivity index (χ0v) is 11.5. The van der Waals surface area contributed by atoms with Crippen LogP contribution < -0.4 is 9.47 Å². The van der Waals surface area contributed by atoms with Gasteiger partial charge in [0.15, 0.2) is 0 Å². The summed E-state index contributed by atoms with van der Waals surface area (Å²) in [6.07, 6.45) is -0.810. The maximum atomic E-state index is 13.0. The van der Waals surface area contributed by atoms with Gasteiger partial charge in [0.25, 0.3) is 0 Å². The molecule has 0 spiro atoms. The number of halogens is 1. The van der Waals surface area contributed by atoms with E-state index in [1.165, 1.54) is 12.1 Å². The molecule has 2 aromatic rings. The molecule has 2 rings (SSSR count). The first-order valence-electron chi connectivity index (χ1n) is 6.31. The molecule has 0 aliphatic heterocycles. The molecule has 1 atom stereocenters. The van der Waals surface area contributed by atoms with Crippen molar-refractivity contribution in [2.45, 2.75) is 13.0 Å². The molecule has 106 valence electrons. The molecular formula is C16H17FO3. The minimum absolute atomic E-state index is 0.0762. The highest BCUT2D eigenvalue weighted by molar-refractivity contribution is 5.36. The highest BCUT2D eigenvalue weighted by atomic mass is 19.1. The predicted octanol–water partition coefficient (Wildman–Crippen LogP) is 3.26. The van der Waals surface area contributed by atoms with Crippen molar-refractivity contribution in [2.75, 3.05) is 13.7 Å². The molecule has 2 aromatic carbocycles. The van der Waals surface area contributed by atoms with E-state index in [4.69, 9.17) is 9.47 Å². The van der Waals surface area contributed by atoms with E-state index in [1.54, 1.807) is 32.2 Å². The monoisotopic (exact) mass is 276 g/mol. The summed E-state index contributed by atoms with van der Waals surface area (Å²) in [6.45, 7) is 1.83. The van der Waals surface area contributed by atoms with Crippen LogP contribution in [0.3, 0.4) is 0 Å². The molecule has 0 aromatic heterocycles. The Morgan fingerprint density at radius 3 is 2.60 bits per heavy atom. The first kappa shape index (κ1) is 14.3. The Labute approximate surface area is 117 Å². The minimum atomic E-state index is -0.810. The van der Waals surface area contributed by atoms with E-state index >= 15 is 0 Å². The number of methoxy groups -OCH3 is 1. The van der Waals surface area contributed by atoms with Gasteiger partial charge >= 0.3 is 0 Å². The van der Waals surface area contributed by atoms with Crippen molar-refractivity contribution in [1.82, 2.24) is 0 Å². The molecular weight excluding hydrogens is 259 g/mol. The summed E-state index contributed by atoms with van der Waals surface area (Å²) < 4.78 is 23.7. The SMILES string of the molecule is COc1ccccc1C(O)COc1ccc(F)cc1C. The highest BCUT2D eigenvalue weighted by Crippen LogP contribution is 2.26. The van der Waals surface area contributed by atoms with Crippen LogP contribution >= 0.6 is 0 Å². The lowest BCUT2D eigenvalue weighted by Crippen LogP contribution is -2.11. The Morgan fingerprint density at radius 2 is 1.90 bits per heavy atom. The molecule has 0 fully saturated rings. The van der Waals surface area contributed by atoms with Gasteiger partial charge in [-0.2, -0.15) is 0 Å². The normalized spacial score (nSPS) is 12.0. The van der Waals surface area contributed by atoms with Crippen LogP contribution in [0.25, 0.3) is 0 Å². The van der Waals surface area contributed by atoms with Crippen LogP contribution in [0.1, 0.15) is 17.2 Å². The minimum Gasteiger partial charge on any atom is -0.496 e. The topological polar surface area (TPSA) is 38.7 Å². The Bertz CT molecular complexity index is 584. The molecule has 4 heteroatoms. The summed E-state index contributed by atoms with van der Waals surface area (Å²) in [6, 6.07) is 11.5. The van der Waals surface area contributed by atoms with Crippen LogP contribution in [0.5, 0.6) is 11.5 Å². The number of rotatable bonds is 5. The fourth-order valence-corrected chi connectivity index (χ4v) is 1.97. The molecule has 1 unspecified atom stereocenters. The zero-order chi connectivity index (χ0) is 14.5. The van der Waals surface area contributed by atoms with Crippen LogP contribution in [-0.2, 0) is 0 Å². The van der Waals surface area contributed by atoms with Gasteiger partial charge in [0.1, 0.15) is 30.0 Å². The average molecular weight is 276 g/mol. The molecule has 20 heavy (non-hydrogen) atoms. The van der Waals surface area contributed by atoms with Gasteiger partial charge in [-0.25, -0.2) is 4.39 Å². The number of hydrogen-bond donors (Lipinski definition) is 1. The summed E-state index contributed by atoms with van der Waals surface area (Å²) in [5.41, 5.74) is 1.35. The van der Waals surface area contributed by atoms with Gasteiger partial charge in [-0.15, -0.1) is 0 Å². The van der Waals surface area contributed by atoms with E-state index in [9.17, 15) is 9.50 Å². The van der Waals surface area contributed by atoms with Crippen molar-refractivity contribution in [1.29, 1.82) is 0 Å². The lowest BCUT2D eigenvalue weighted by Gasteiger charge is -2.16. The number of benzene rings is 2. The van der Waals surface area contributed by atoms with Crippen LogP contribution in [-0.4, -0.2) is 18.8 Å². The molecule has 0 amide bonds. The third-order valence-electron chi connectivity index (χ3n) is 3.03. The summed E-state index contributed by atoms with van der Waals surface area (Å²) in [7, 11) is 1.55. The fourth-order valence-electron chi connectivity index (χ4n) is 1.97. The van der Waals surface area contributed by atoms with Crippen LogP contribution in [0.15, 0.2) is 42.5 Å². The third kappa shape index (κ3) is 3.27. The van der Waals surface area contributed by atoms with Gasteiger partial charge in [0.2, 0.25) is 0 Å². The van der Waals surface area contributed by atoms with E-state index in [0.29, 0.717) is 22.6 Å². The largest absolute Gasteiger partial charge is 0.496 e. The molecule has 0 heterocycles. The number of para-hydroxylation sites is 1. The van der Waals surface area contributed by atoms with Gasteiger partial charge in [0.05, 0.1) is 7.11 Å². The lowest BCUT2D eigenvalue weighted by atomic mass is 10.1. The van der Waals surface area contributed by atoms with Crippen molar-refractivity contribution in [3.05, 3.63) is 59.4 Å². The van der Waals surface area contributed by atoms with Gasteiger partial charge < -0.3 is 14.6 Å². The van der Waals surface area contributed by atoms with Crippen LogP contribution in [0.2, 0.25) is 0 Å². The number of hydrogen-bond acceptors (Lipinski definition) is 3. The first-order chi connectivity index (χ1) is 9.61. The van der Waals surface area contributed by atoms with Gasteiger partial charge in [-0.05, 0) is 36.8 Å². The fraction of sp³-hybridized carbons (Fsp3) is 0.250. The van der Waals surface area contributed by atoms with E-state index in [0.717, 1.165) is 0 Å². The van der Waals surface area contributed by atoms with E-state index in [1.807, 2.05) is 12.1 Å². The number of aliphatic hydroxyl groups is 1. The summed E-state index contributed by atoms with van der Waals surface area (Å²) in [5, 5.41) is 10.2. The third-order valence-corrected chi connectivity index (χ3v) is 3.03. The summed E-state index contributed by atoms with van der Waals surface area (Å²) in [5.74, 6) is 0.861. The van der Waals surface area contributed by atoms with Gasteiger partial charge in [0, 0.05) is 5.56 Å². The maximum absolute atomic E-state index is 13.0. The second-order valence-corrected chi connectivity index (χ2v) is 4.48. The average Bonchev–Trinajstić information content (AvgIpc) is 2.46. The molecule has 0 radical (unpaired) electrons. The molecule has 0 aliphatic carbocycles. The quantitative estimate of drug-likeness (QED) is 0.911. The standard InChI is InChI=1S/C16H17FO3/c1-11-9-12(17)7-8-15(11)20-10-14(18)13-5-3-4-6-16(13)19-2/h3-9,14,18H,10H2,1-2H3. The smallest absolute Gasteiger partial charge is 0.124 e.